The lowest BCUT2D eigenvalue weighted by atomic mass is 9.98. The Bertz CT molecular complexity index is 579. The predicted octanol–water partition coefficient (Wildman–Crippen LogP) is 3.79. The second-order valence-electron chi connectivity index (χ2n) is 6.59. The Balaban J connectivity index is 1.86. The van der Waals surface area contributed by atoms with Crippen molar-refractivity contribution < 1.29 is 9.59 Å². The Hall–Kier alpha value is -1.15. The number of likely N-dealkylation sites (tertiary alicyclic amines) is 1. The van der Waals surface area contributed by atoms with Crippen LogP contribution in [-0.4, -0.2) is 44.7 Å². The fourth-order valence-corrected chi connectivity index (χ4v) is 4.92. The van der Waals surface area contributed by atoms with Gasteiger partial charge in [0.1, 0.15) is 0 Å². The summed E-state index contributed by atoms with van der Waals surface area (Å²) in [5.41, 5.74) is 0. The highest BCUT2D eigenvalue weighted by Crippen LogP contribution is 2.28. The molecular weight excluding hydrogens is 356 g/mol. The molecule has 2 amide bonds. The van der Waals surface area contributed by atoms with Crippen LogP contribution in [-0.2, 0) is 9.59 Å². The van der Waals surface area contributed by atoms with Gasteiger partial charge in [0.2, 0.25) is 16.9 Å². The molecular formula is C17H28N4O2S2. The van der Waals surface area contributed by atoms with E-state index in [-0.39, 0.29) is 17.7 Å². The number of hydrogen-bond donors (Lipinski definition) is 1. The zero-order chi connectivity index (χ0) is 18.4. The summed E-state index contributed by atoms with van der Waals surface area (Å²) in [6, 6.07) is 0.613. The summed E-state index contributed by atoms with van der Waals surface area (Å²) in [5.74, 6) is 0.514. The molecule has 0 radical (unpaired) electrons. The number of nitrogens with one attached hydrogen (secondary N) is 1. The number of piperidine rings is 1. The van der Waals surface area contributed by atoms with E-state index >= 15 is 0 Å². The van der Waals surface area contributed by atoms with Crippen LogP contribution in [0.15, 0.2) is 4.34 Å². The third-order valence-corrected chi connectivity index (χ3v) is 6.75. The number of nitrogens with zero attached hydrogens (tertiary/aromatic N) is 3. The summed E-state index contributed by atoms with van der Waals surface area (Å²) in [5, 5.41) is 11.4. The van der Waals surface area contributed by atoms with Gasteiger partial charge in [0.05, 0.1) is 5.75 Å². The van der Waals surface area contributed by atoms with Gasteiger partial charge in [-0.25, -0.2) is 0 Å². The standard InChI is InChI=1S/C17H28N4O2S2/c1-5-13(6-2)15(23)18-16-19-20-17(25-16)24-10-14(22)21-11(3)8-7-9-12(21)4/h11-13H,5-10H2,1-4H3,(H,18,19,23)/t11-,12+. The van der Waals surface area contributed by atoms with Crippen molar-refractivity contribution in [3.8, 4) is 0 Å². The Morgan fingerprint density at radius 3 is 2.48 bits per heavy atom. The Labute approximate surface area is 158 Å². The molecule has 0 aliphatic carbocycles. The zero-order valence-electron chi connectivity index (χ0n) is 15.4. The van der Waals surface area contributed by atoms with Crippen LogP contribution in [0.3, 0.4) is 0 Å². The molecule has 1 aromatic heterocycles. The maximum absolute atomic E-state index is 12.5. The van der Waals surface area contributed by atoms with Crippen LogP contribution < -0.4 is 5.32 Å². The number of amides is 2. The van der Waals surface area contributed by atoms with Crippen LogP contribution in [0.5, 0.6) is 0 Å². The van der Waals surface area contributed by atoms with Crippen LogP contribution in [0, 0.1) is 5.92 Å². The van der Waals surface area contributed by atoms with Gasteiger partial charge in [-0.3, -0.25) is 9.59 Å². The highest BCUT2D eigenvalue weighted by molar-refractivity contribution is 8.01. The molecule has 0 spiro atoms. The summed E-state index contributed by atoms with van der Waals surface area (Å²) in [7, 11) is 0. The van der Waals surface area contributed by atoms with Crippen molar-refractivity contribution in [2.45, 2.75) is 76.2 Å². The Kier molecular flexibility index (Phi) is 7.68. The minimum absolute atomic E-state index is 0.00339. The van der Waals surface area contributed by atoms with Crippen LogP contribution in [0.4, 0.5) is 5.13 Å². The average molecular weight is 385 g/mol. The molecule has 1 aromatic rings. The van der Waals surface area contributed by atoms with E-state index in [0.717, 1.165) is 25.7 Å². The third-order valence-electron chi connectivity index (χ3n) is 4.79. The van der Waals surface area contributed by atoms with E-state index < -0.39 is 0 Å². The van der Waals surface area contributed by atoms with Gasteiger partial charge in [-0.05, 0) is 46.0 Å². The Morgan fingerprint density at radius 1 is 1.24 bits per heavy atom. The second-order valence-corrected chi connectivity index (χ2v) is 8.79. The molecule has 0 aromatic carbocycles. The molecule has 2 atom stereocenters. The summed E-state index contributed by atoms with van der Waals surface area (Å²) < 4.78 is 0.713. The van der Waals surface area contributed by atoms with Crippen molar-refractivity contribution in [3.05, 3.63) is 0 Å². The molecule has 1 fully saturated rings. The molecule has 140 valence electrons. The smallest absolute Gasteiger partial charge is 0.233 e. The van der Waals surface area contributed by atoms with E-state index in [2.05, 4.69) is 29.4 Å². The summed E-state index contributed by atoms with van der Waals surface area (Å²) >= 11 is 2.72. The number of hydrogen-bond acceptors (Lipinski definition) is 6. The zero-order valence-corrected chi connectivity index (χ0v) is 17.1. The van der Waals surface area contributed by atoms with Gasteiger partial charge < -0.3 is 10.2 Å². The molecule has 2 rings (SSSR count). The van der Waals surface area contributed by atoms with Crippen molar-refractivity contribution >= 4 is 40.0 Å². The number of anilines is 1. The molecule has 8 heteroatoms. The van der Waals surface area contributed by atoms with Crippen molar-refractivity contribution in [2.75, 3.05) is 11.1 Å². The van der Waals surface area contributed by atoms with Gasteiger partial charge >= 0.3 is 0 Å². The first-order chi connectivity index (χ1) is 12.0. The summed E-state index contributed by atoms with van der Waals surface area (Å²) in [6.45, 7) is 8.25. The third kappa shape index (κ3) is 5.41. The molecule has 2 heterocycles. The molecule has 1 aliphatic heterocycles. The minimum atomic E-state index is -0.00950. The van der Waals surface area contributed by atoms with E-state index in [1.54, 1.807) is 0 Å². The molecule has 1 aliphatic rings. The molecule has 0 saturated carbocycles. The lowest BCUT2D eigenvalue weighted by molar-refractivity contribution is -0.134. The monoisotopic (exact) mass is 384 g/mol. The van der Waals surface area contributed by atoms with E-state index in [1.165, 1.54) is 29.5 Å². The number of rotatable bonds is 7. The number of thioether (sulfide) groups is 1. The molecule has 0 bridgehead atoms. The van der Waals surface area contributed by atoms with Crippen molar-refractivity contribution in [1.29, 1.82) is 0 Å². The number of carbonyl (C=O) groups excluding carboxylic acids is 2. The van der Waals surface area contributed by atoms with E-state index in [9.17, 15) is 9.59 Å². The summed E-state index contributed by atoms with van der Waals surface area (Å²) in [6.07, 6.45) is 4.96. The summed E-state index contributed by atoms with van der Waals surface area (Å²) in [4.78, 5) is 26.6. The highest BCUT2D eigenvalue weighted by atomic mass is 32.2. The fraction of sp³-hybridized carbons (Fsp3) is 0.765. The van der Waals surface area contributed by atoms with E-state index in [0.29, 0.717) is 27.3 Å². The predicted molar refractivity (Wildman–Crippen MR) is 103 cm³/mol. The van der Waals surface area contributed by atoms with Gasteiger partial charge in [0, 0.05) is 18.0 Å². The number of carbonyl (C=O) groups is 2. The topological polar surface area (TPSA) is 75.2 Å². The number of aromatic nitrogens is 2. The van der Waals surface area contributed by atoms with Gasteiger partial charge in [-0.15, -0.1) is 10.2 Å². The molecule has 1 N–H and O–H groups in total. The fourth-order valence-electron chi connectivity index (χ4n) is 3.30. The van der Waals surface area contributed by atoms with Gasteiger partial charge in [-0.1, -0.05) is 36.9 Å². The van der Waals surface area contributed by atoms with E-state index in [1.807, 2.05) is 18.7 Å². The van der Waals surface area contributed by atoms with Crippen molar-refractivity contribution in [3.63, 3.8) is 0 Å². The SMILES string of the molecule is CCC(CC)C(=O)Nc1nnc(SCC(=O)N2[C@H](C)CCC[C@@H]2C)s1. The first-order valence-corrected chi connectivity index (χ1v) is 10.8. The van der Waals surface area contributed by atoms with Crippen molar-refractivity contribution in [2.24, 2.45) is 5.92 Å². The van der Waals surface area contributed by atoms with Gasteiger partial charge in [0.25, 0.3) is 0 Å². The first kappa shape index (κ1) is 20.2. The highest BCUT2D eigenvalue weighted by Gasteiger charge is 2.28. The lowest BCUT2D eigenvalue weighted by Crippen LogP contribution is -2.48. The van der Waals surface area contributed by atoms with Gasteiger partial charge in [-0.2, -0.15) is 0 Å². The van der Waals surface area contributed by atoms with Gasteiger partial charge in [0.15, 0.2) is 4.34 Å². The first-order valence-electron chi connectivity index (χ1n) is 9.04. The molecule has 25 heavy (non-hydrogen) atoms. The maximum Gasteiger partial charge on any atom is 0.233 e. The maximum atomic E-state index is 12.5. The average Bonchev–Trinajstić information content (AvgIpc) is 3.01. The van der Waals surface area contributed by atoms with Crippen LogP contribution in [0.1, 0.15) is 59.8 Å². The normalized spacial score (nSPS) is 20.8. The lowest BCUT2D eigenvalue weighted by Gasteiger charge is -2.39. The molecule has 6 nitrogen and oxygen atoms in total. The van der Waals surface area contributed by atoms with E-state index in [4.69, 9.17) is 0 Å². The molecule has 1 saturated heterocycles. The van der Waals surface area contributed by atoms with Crippen LogP contribution in [0.2, 0.25) is 0 Å². The minimum Gasteiger partial charge on any atom is -0.337 e. The second kappa shape index (κ2) is 9.52. The van der Waals surface area contributed by atoms with Crippen molar-refractivity contribution in [1.82, 2.24) is 15.1 Å². The molecule has 0 unspecified atom stereocenters. The quantitative estimate of drug-likeness (QED) is 0.572. The Morgan fingerprint density at radius 2 is 1.88 bits per heavy atom. The van der Waals surface area contributed by atoms with Crippen LogP contribution in [0.25, 0.3) is 0 Å². The van der Waals surface area contributed by atoms with Crippen LogP contribution >= 0.6 is 23.1 Å². The largest absolute Gasteiger partial charge is 0.337 e.